The van der Waals surface area contributed by atoms with E-state index in [1.54, 1.807) is 0 Å². The molecule has 2 unspecified atom stereocenters. The molecule has 3 rings (SSSR count). The second kappa shape index (κ2) is 5.20. The number of piperidine rings is 1. The Kier molecular flexibility index (Phi) is 3.60. The molecule has 0 aromatic heterocycles. The summed E-state index contributed by atoms with van der Waals surface area (Å²) in [6, 6.07) is 9.45. The quantitative estimate of drug-likeness (QED) is 0.910. The molecule has 0 amide bonds. The van der Waals surface area contributed by atoms with Gasteiger partial charge in [-0.05, 0) is 49.3 Å². The highest BCUT2D eigenvalue weighted by molar-refractivity contribution is 6.30. The Labute approximate surface area is 114 Å². The van der Waals surface area contributed by atoms with Gasteiger partial charge in [-0.3, -0.25) is 4.90 Å². The van der Waals surface area contributed by atoms with Gasteiger partial charge in [0.1, 0.15) is 0 Å². The summed E-state index contributed by atoms with van der Waals surface area (Å²) in [5, 5.41) is 0.818. The molecular formula is C15H21ClN2. The van der Waals surface area contributed by atoms with Crippen molar-refractivity contribution in [2.75, 3.05) is 13.1 Å². The average Bonchev–Trinajstić information content (AvgIpc) is 3.15. The molecule has 1 saturated carbocycles. The van der Waals surface area contributed by atoms with Gasteiger partial charge in [0.25, 0.3) is 0 Å². The van der Waals surface area contributed by atoms with Gasteiger partial charge in [-0.15, -0.1) is 0 Å². The zero-order valence-corrected chi connectivity index (χ0v) is 11.4. The first-order chi connectivity index (χ1) is 8.70. The Balaban J connectivity index is 1.62. The molecule has 2 aliphatic rings. The fraction of sp³-hybridized carbons (Fsp3) is 0.600. The molecule has 1 aromatic rings. The summed E-state index contributed by atoms with van der Waals surface area (Å²) >= 11 is 5.92. The van der Waals surface area contributed by atoms with Crippen LogP contribution in [0.4, 0.5) is 0 Å². The van der Waals surface area contributed by atoms with Gasteiger partial charge in [0, 0.05) is 30.2 Å². The standard InChI is InChI=1S/C15H21ClN2/c16-13-3-1-11(2-4-13)7-12-8-14(17)10-18(9-12)15-5-6-15/h1-4,12,14-15H,5-10,17H2. The molecule has 0 radical (unpaired) electrons. The number of likely N-dealkylation sites (tertiary alicyclic amines) is 1. The predicted octanol–water partition coefficient (Wildman–Crippen LogP) is 2.69. The van der Waals surface area contributed by atoms with Gasteiger partial charge in [0.15, 0.2) is 0 Å². The summed E-state index contributed by atoms with van der Waals surface area (Å²) in [5.74, 6) is 0.704. The molecule has 1 aliphatic heterocycles. The molecule has 2 N–H and O–H groups in total. The molecule has 0 bridgehead atoms. The zero-order valence-electron chi connectivity index (χ0n) is 10.7. The SMILES string of the molecule is NC1CC(Cc2ccc(Cl)cc2)CN(C2CC2)C1. The van der Waals surface area contributed by atoms with Crippen LogP contribution in [0.25, 0.3) is 0 Å². The summed E-state index contributed by atoms with van der Waals surface area (Å²) in [6.07, 6.45) is 5.04. The summed E-state index contributed by atoms with van der Waals surface area (Å²) in [5.41, 5.74) is 7.58. The molecule has 18 heavy (non-hydrogen) atoms. The Bertz CT molecular complexity index is 399. The molecule has 1 aliphatic carbocycles. The van der Waals surface area contributed by atoms with E-state index >= 15 is 0 Å². The normalized spacial score (nSPS) is 29.4. The second-order valence-electron chi connectivity index (χ2n) is 5.88. The van der Waals surface area contributed by atoms with Crippen LogP contribution in [0.2, 0.25) is 5.02 Å². The van der Waals surface area contributed by atoms with Gasteiger partial charge in [0.2, 0.25) is 0 Å². The van der Waals surface area contributed by atoms with Crippen molar-refractivity contribution in [3.8, 4) is 0 Å². The molecule has 3 heteroatoms. The Hall–Kier alpha value is -0.570. The van der Waals surface area contributed by atoms with Crippen LogP contribution in [0.5, 0.6) is 0 Å². The minimum atomic E-state index is 0.358. The van der Waals surface area contributed by atoms with E-state index in [1.807, 2.05) is 12.1 Å². The molecule has 2 nitrogen and oxygen atoms in total. The van der Waals surface area contributed by atoms with E-state index in [0.717, 1.165) is 30.5 Å². The van der Waals surface area contributed by atoms with Crippen LogP contribution >= 0.6 is 11.6 Å². The van der Waals surface area contributed by atoms with Crippen LogP contribution in [-0.2, 0) is 6.42 Å². The molecule has 1 aromatic carbocycles. The number of rotatable bonds is 3. The van der Waals surface area contributed by atoms with Crippen molar-refractivity contribution in [3.05, 3.63) is 34.9 Å². The third kappa shape index (κ3) is 3.05. The van der Waals surface area contributed by atoms with Crippen LogP contribution in [0, 0.1) is 5.92 Å². The minimum Gasteiger partial charge on any atom is -0.327 e. The maximum Gasteiger partial charge on any atom is 0.0406 e. The number of halogens is 1. The smallest absolute Gasteiger partial charge is 0.0406 e. The van der Waals surface area contributed by atoms with Crippen molar-refractivity contribution in [2.24, 2.45) is 11.7 Å². The number of nitrogens with two attached hydrogens (primary N) is 1. The topological polar surface area (TPSA) is 29.3 Å². The molecule has 0 spiro atoms. The maximum atomic E-state index is 6.20. The van der Waals surface area contributed by atoms with E-state index in [9.17, 15) is 0 Å². The van der Waals surface area contributed by atoms with Gasteiger partial charge in [-0.2, -0.15) is 0 Å². The second-order valence-corrected chi connectivity index (χ2v) is 6.31. The van der Waals surface area contributed by atoms with Crippen molar-refractivity contribution >= 4 is 11.6 Å². The molecule has 2 fully saturated rings. The fourth-order valence-electron chi connectivity index (χ4n) is 3.12. The number of hydrogen-bond donors (Lipinski definition) is 1. The van der Waals surface area contributed by atoms with Crippen molar-refractivity contribution in [1.82, 2.24) is 4.90 Å². The van der Waals surface area contributed by atoms with E-state index in [2.05, 4.69) is 17.0 Å². The monoisotopic (exact) mass is 264 g/mol. The number of hydrogen-bond acceptors (Lipinski definition) is 2. The van der Waals surface area contributed by atoms with Gasteiger partial charge in [-0.25, -0.2) is 0 Å². The van der Waals surface area contributed by atoms with Gasteiger partial charge in [0.05, 0.1) is 0 Å². The molecule has 1 saturated heterocycles. The summed E-state index contributed by atoms with van der Waals surface area (Å²) in [7, 11) is 0. The summed E-state index contributed by atoms with van der Waals surface area (Å²) in [4.78, 5) is 2.61. The van der Waals surface area contributed by atoms with Crippen molar-refractivity contribution in [1.29, 1.82) is 0 Å². The summed E-state index contributed by atoms with van der Waals surface area (Å²) in [6.45, 7) is 2.32. The van der Waals surface area contributed by atoms with E-state index < -0.39 is 0 Å². The third-order valence-electron chi connectivity index (χ3n) is 4.10. The van der Waals surface area contributed by atoms with Gasteiger partial charge < -0.3 is 5.73 Å². The van der Waals surface area contributed by atoms with E-state index in [0.29, 0.717) is 12.0 Å². The lowest BCUT2D eigenvalue weighted by atomic mass is 9.89. The van der Waals surface area contributed by atoms with Crippen LogP contribution < -0.4 is 5.73 Å². The Morgan fingerprint density at radius 1 is 1.17 bits per heavy atom. The minimum absolute atomic E-state index is 0.358. The van der Waals surface area contributed by atoms with E-state index in [-0.39, 0.29) is 0 Å². The first-order valence-corrected chi connectivity index (χ1v) is 7.32. The van der Waals surface area contributed by atoms with E-state index in [4.69, 9.17) is 17.3 Å². The van der Waals surface area contributed by atoms with Crippen molar-refractivity contribution < 1.29 is 0 Å². The lowest BCUT2D eigenvalue weighted by Crippen LogP contribution is -2.48. The fourth-order valence-corrected chi connectivity index (χ4v) is 3.25. The van der Waals surface area contributed by atoms with Crippen molar-refractivity contribution in [3.63, 3.8) is 0 Å². The maximum absolute atomic E-state index is 6.20. The molecule has 2 atom stereocenters. The largest absolute Gasteiger partial charge is 0.327 e. The highest BCUT2D eigenvalue weighted by atomic mass is 35.5. The van der Waals surface area contributed by atoms with Gasteiger partial charge in [-0.1, -0.05) is 23.7 Å². The van der Waals surface area contributed by atoms with Crippen molar-refractivity contribution in [2.45, 2.75) is 37.8 Å². The molecule has 1 heterocycles. The van der Waals surface area contributed by atoms with Crippen LogP contribution in [0.15, 0.2) is 24.3 Å². The van der Waals surface area contributed by atoms with E-state index in [1.165, 1.54) is 24.9 Å². The average molecular weight is 265 g/mol. The molecule has 98 valence electrons. The lowest BCUT2D eigenvalue weighted by Gasteiger charge is -2.36. The van der Waals surface area contributed by atoms with Crippen LogP contribution in [0.3, 0.4) is 0 Å². The predicted molar refractivity (Wildman–Crippen MR) is 75.8 cm³/mol. The van der Waals surface area contributed by atoms with Crippen LogP contribution in [0.1, 0.15) is 24.8 Å². The Morgan fingerprint density at radius 2 is 1.89 bits per heavy atom. The molecular weight excluding hydrogens is 244 g/mol. The first kappa shape index (κ1) is 12.5. The zero-order chi connectivity index (χ0) is 12.5. The highest BCUT2D eigenvalue weighted by Gasteiger charge is 2.34. The Morgan fingerprint density at radius 3 is 2.56 bits per heavy atom. The van der Waals surface area contributed by atoms with Crippen LogP contribution in [-0.4, -0.2) is 30.1 Å². The number of benzene rings is 1. The first-order valence-electron chi connectivity index (χ1n) is 6.95. The van der Waals surface area contributed by atoms with Gasteiger partial charge >= 0.3 is 0 Å². The summed E-state index contributed by atoms with van der Waals surface area (Å²) < 4.78 is 0. The highest BCUT2D eigenvalue weighted by Crippen LogP contribution is 2.31. The number of nitrogens with zero attached hydrogens (tertiary/aromatic N) is 1. The third-order valence-corrected chi connectivity index (χ3v) is 4.35. The lowest BCUT2D eigenvalue weighted by molar-refractivity contribution is 0.148.